The van der Waals surface area contributed by atoms with E-state index in [1.165, 1.54) is 11.8 Å². The molecule has 0 radical (unpaired) electrons. The summed E-state index contributed by atoms with van der Waals surface area (Å²) in [5.41, 5.74) is 1.92. The van der Waals surface area contributed by atoms with Crippen molar-refractivity contribution in [2.45, 2.75) is 45.4 Å². The Hall–Kier alpha value is -4.61. The van der Waals surface area contributed by atoms with E-state index in [0.29, 0.717) is 35.8 Å². The molecule has 1 aliphatic rings. The summed E-state index contributed by atoms with van der Waals surface area (Å²) in [4.78, 5) is 45.1. The van der Waals surface area contributed by atoms with E-state index in [2.05, 4.69) is 10.6 Å². The van der Waals surface area contributed by atoms with Gasteiger partial charge in [-0.3, -0.25) is 14.5 Å². The Morgan fingerprint density at radius 1 is 1.02 bits per heavy atom. The van der Waals surface area contributed by atoms with Crippen molar-refractivity contribution in [3.8, 4) is 11.5 Å². The number of carbonyl (C=O) groups is 3. The van der Waals surface area contributed by atoms with Crippen molar-refractivity contribution in [1.82, 2.24) is 10.4 Å². The lowest BCUT2D eigenvalue weighted by molar-refractivity contribution is -0.131. The van der Waals surface area contributed by atoms with Gasteiger partial charge in [0.2, 0.25) is 5.91 Å². The molecule has 0 bridgehead atoms. The molecule has 4 rings (SSSR count). The molecule has 1 fully saturated rings. The number of benzene rings is 3. The normalized spacial score (nSPS) is 15.9. The third-order valence-corrected chi connectivity index (χ3v) is 6.93. The first kappa shape index (κ1) is 32.3. The first-order valence-corrected chi connectivity index (χ1v) is 14.6. The minimum atomic E-state index is -1.10. The summed E-state index contributed by atoms with van der Waals surface area (Å²) in [6, 6.07) is 22.7. The van der Waals surface area contributed by atoms with Gasteiger partial charge in [0, 0.05) is 24.8 Å². The molecule has 3 N–H and O–H groups in total. The van der Waals surface area contributed by atoms with Gasteiger partial charge in [-0.1, -0.05) is 50.2 Å². The number of nitrogens with zero attached hydrogens (tertiary/aromatic N) is 2. The van der Waals surface area contributed by atoms with Gasteiger partial charge in [-0.2, -0.15) is 0 Å². The number of ether oxygens (including phenoxy) is 2. The Bertz CT molecular complexity index is 1400. The van der Waals surface area contributed by atoms with Gasteiger partial charge in [0.05, 0.1) is 32.3 Å². The summed E-state index contributed by atoms with van der Waals surface area (Å²) in [6.07, 6.45) is -2.46. The van der Waals surface area contributed by atoms with Crippen molar-refractivity contribution in [3.63, 3.8) is 0 Å². The molecular formula is C33H40N4O7. The predicted molar refractivity (Wildman–Crippen MR) is 166 cm³/mol. The molecule has 1 aliphatic heterocycles. The molecule has 11 nitrogen and oxygen atoms in total. The van der Waals surface area contributed by atoms with Crippen LogP contribution in [-0.4, -0.2) is 73.1 Å². The van der Waals surface area contributed by atoms with Gasteiger partial charge in [0.25, 0.3) is 5.91 Å². The van der Waals surface area contributed by atoms with Gasteiger partial charge >= 0.3 is 6.09 Å². The molecule has 3 aromatic carbocycles. The zero-order chi connectivity index (χ0) is 31.6. The van der Waals surface area contributed by atoms with Crippen LogP contribution in [0.2, 0.25) is 0 Å². The van der Waals surface area contributed by atoms with Crippen LogP contribution in [0, 0.1) is 5.92 Å². The van der Waals surface area contributed by atoms with Crippen LogP contribution in [0.5, 0.6) is 11.5 Å². The minimum absolute atomic E-state index is 0.0254. The Morgan fingerprint density at radius 3 is 2.39 bits per heavy atom. The van der Waals surface area contributed by atoms with E-state index in [4.69, 9.17) is 14.3 Å². The Balaban J connectivity index is 1.47. The quantitative estimate of drug-likeness (QED) is 0.236. The summed E-state index contributed by atoms with van der Waals surface area (Å²) in [5.74, 6) is 0.752. The second-order valence-electron chi connectivity index (χ2n) is 11.1. The summed E-state index contributed by atoms with van der Waals surface area (Å²) in [6.45, 7) is 6.10. The number of anilines is 2. The fourth-order valence-corrected chi connectivity index (χ4v) is 4.87. The average molecular weight is 605 g/mol. The molecule has 0 aliphatic carbocycles. The number of aliphatic hydroxyl groups is 1. The van der Waals surface area contributed by atoms with Gasteiger partial charge in [-0.05, 0) is 60.4 Å². The highest BCUT2D eigenvalue weighted by atomic mass is 16.7. The summed E-state index contributed by atoms with van der Waals surface area (Å²) in [5, 5.41) is 18.8. The highest BCUT2D eigenvalue weighted by molar-refractivity contribution is 5.96. The zero-order valence-electron chi connectivity index (χ0n) is 25.4. The Labute approximate surface area is 257 Å². The van der Waals surface area contributed by atoms with Crippen molar-refractivity contribution >= 4 is 29.3 Å². The van der Waals surface area contributed by atoms with Crippen molar-refractivity contribution in [2.75, 3.05) is 37.0 Å². The summed E-state index contributed by atoms with van der Waals surface area (Å²) >= 11 is 0. The number of hydroxylamine groups is 2. The molecule has 0 saturated carbocycles. The van der Waals surface area contributed by atoms with Gasteiger partial charge < -0.3 is 30.1 Å². The first-order chi connectivity index (χ1) is 21.1. The van der Waals surface area contributed by atoms with Gasteiger partial charge in [-0.25, -0.2) is 4.79 Å². The fraction of sp³-hybridized carbons (Fsp3) is 0.364. The van der Waals surface area contributed by atoms with Gasteiger partial charge in [-0.15, -0.1) is 5.06 Å². The Kier molecular flexibility index (Phi) is 11.2. The van der Waals surface area contributed by atoms with Crippen molar-refractivity contribution in [2.24, 2.45) is 5.92 Å². The molecule has 3 unspecified atom stereocenters. The average Bonchev–Trinajstić information content (AvgIpc) is 3.39. The van der Waals surface area contributed by atoms with E-state index in [-0.39, 0.29) is 24.9 Å². The van der Waals surface area contributed by atoms with Crippen LogP contribution in [0.3, 0.4) is 0 Å². The largest absolute Gasteiger partial charge is 0.497 e. The van der Waals surface area contributed by atoms with E-state index in [1.807, 2.05) is 44.2 Å². The summed E-state index contributed by atoms with van der Waals surface area (Å²) < 4.78 is 10.7. The summed E-state index contributed by atoms with van der Waals surface area (Å²) in [7, 11) is 1.59. The molecule has 3 amide bonds. The number of hydrogen-bond donors (Lipinski definition) is 3. The zero-order valence-corrected chi connectivity index (χ0v) is 25.4. The van der Waals surface area contributed by atoms with Crippen LogP contribution in [0.25, 0.3) is 0 Å². The number of carbonyl (C=O) groups excluding carboxylic acids is 3. The molecular weight excluding hydrogens is 564 g/mol. The molecule has 0 aromatic heterocycles. The number of rotatable bonds is 14. The Morgan fingerprint density at radius 2 is 1.73 bits per heavy atom. The molecule has 234 valence electrons. The second kappa shape index (κ2) is 15.2. The van der Waals surface area contributed by atoms with Crippen LogP contribution in [0.4, 0.5) is 16.2 Å². The standard InChI is InChI=1S/C33H40N4O7/c1-22(2)19-36(44-28-15-13-27(42-4)14-16-28)20-30(39)29(17-24-9-6-5-7-10-24)35-32(40)31-21-37(33(41)43-31)26-12-8-11-25(18-26)34-23(3)38/h5-16,18,22,29-31,39H,17,19-21H2,1-4H3,(H,34,38)(H,35,40). The minimum Gasteiger partial charge on any atom is -0.497 e. The van der Waals surface area contributed by atoms with E-state index in [9.17, 15) is 19.5 Å². The van der Waals surface area contributed by atoms with Crippen LogP contribution in [0.1, 0.15) is 26.3 Å². The van der Waals surface area contributed by atoms with Crippen molar-refractivity contribution in [1.29, 1.82) is 0 Å². The van der Waals surface area contributed by atoms with Crippen molar-refractivity contribution < 1.29 is 33.8 Å². The number of methoxy groups -OCH3 is 1. The maximum absolute atomic E-state index is 13.5. The maximum Gasteiger partial charge on any atom is 0.415 e. The number of cyclic esters (lactones) is 1. The van der Waals surface area contributed by atoms with Crippen LogP contribution < -0.4 is 25.1 Å². The monoisotopic (exact) mass is 604 g/mol. The van der Waals surface area contributed by atoms with Crippen LogP contribution in [-0.2, 0) is 20.7 Å². The highest BCUT2D eigenvalue weighted by Crippen LogP contribution is 2.25. The lowest BCUT2D eigenvalue weighted by Gasteiger charge is -2.31. The smallest absolute Gasteiger partial charge is 0.415 e. The highest BCUT2D eigenvalue weighted by Gasteiger charge is 2.38. The second-order valence-corrected chi connectivity index (χ2v) is 11.1. The van der Waals surface area contributed by atoms with E-state index < -0.39 is 30.3 Å². The predicted octanol–water partition coefficient (Wildman–Crippen LogP) is 4.02. The topological polar surface area (TPSA) is 130 Å². The molecule has 1 heterocycles. The molecule has 44 heavy (non-hydrogen) atoms. The number of amides is 3. The lowest BCUT2D eigenvalue weighted by Crippen LogP contribution is -2.53. The van der Waals surface area contributed by atoms with E-state index in [1.54, 1.807) is 60.7 Å². The SMILES string of the molecule is COc1ccc(ON(CC(C)C)CC(O)C(Cc2ccccc2)NC(=O)C2CN(c3cccc(NC(C)=O)c3)C(=O)O2)cc1. The van der Waals surface area contributed by atoms with Crippen molar-refractivity contribution in [3.05, 3.63) is 84.4 Å². The first-order valence-electron chi connectivity index (χ1n) is 14.6. The number of aliphatic hydroxyl groups excluding tert-OH is 1. The van der Waals surface area contributed by atoms with Crippen LogP contribution >= 0.6 is 0 Å². The third-order valence-electron chi connectivity index (χ3n) is 6.93. The van der Waals surface area contributed by atoms with Crippen LogP contribution in [0.15, 0.2) is 78.9 Å². The van der Waals surface area contributed by atoms with E-state index >= 15 is 0 Å². The number of hydrogen-bond acceptors (Lipinski definition) is 8. The maximum atomic E-state index is 13.5. The third kappa shape index (κ3) is 9.19. The molecule has 1 saturated heterocycles. The lowest BCUT2D eigenvalue weighted by atomic mass is 10.0. The molecule has 3 atom stereocenters. The van der Waals surface area contributed by atoms with Gasteiger partial charge in [0.1, 0.15) is 11.5 Å². The molecule has 3 aromatic rings. The van der Waals surface area contributed by atoms with Gasteiger partial charge in [0.15, 0.2) is 6.10 Å². The van der Waals surface area contributed by atoms with E-state index in [0.717, 1.165) is 5.56 Å². The fourth-order valence-electron chi connectivity index (χ4n) is 4.87. The number of nitrogens with one attached hydrogen (secondary N) is 2. The molecule has 0 spiro atoms. The molecule has 11 heteroatoms.